The number of rotatable bonds is 7. The molecule has 1 aromatic rings. The molecule has 0 fully saturated rings. The highest BCUT2D eigenvalue weighted by Gasteiger charge is 2.26. The molecule has 0 saturated carbocycles. The van der Waals surface area contributed by atoms with Gasteiger partial charge in [0.2, 0.25) is 0 Å². The van der Waals surface area contributed by atoms with E-state index in [4.69, 9.17) is 14.6 Å². The minimum Gasteiger partial charge on any atom is -0.481 e. The molecule has 8 heteroatoms. The summed E-state index contributed by atoms with van der Waals surface area (Å²) in [6.45, 7) is 6.77. The summed E-state index contributed by atoms with van der Waals surface area (Å²) in [5.74, 6) is -1.11. The van der Waals surface area contributed by atoms with Crippen LogP contribution in [0.25, 0.3) is 0 Å². The van der Waals surface area contributed by atoms with Gasteiger partial charge in [0.25, 0.3) is 0 Å². The zero-order valence-electron chi connectivity index (χ0n) is 15.4. The Morgan fingerprint density at radius 3 is 2.23 bits per heavy atom. The first-order chi connectivity index (χ1) is 12.1. The van der Waals surface area contributed by atoms with Gasteiger partial charge < -0.3 is 25.2 Å². The third-order valence-electron chi connectivity index (χ3n) is 3.26. The highest BCUT2D eigenvalue weighted by molar-refractivity contribution is 5.72. The molecule has 1 rings (SSSR count). The van der Waals surface area contributed by atoms with Crippen molar-refractivity contribution in [3.63, 3.8) is 0 Å². The second kappa shape index (κ2) is 9.65. The molecule has 0 spiro atoms. The number of carbonyl (C=O) groups is 3. The van der Waals surface area contributed by atoms with Crippen LogP contribution >= 0.6 is 0 Å². The number of carbonyl (C=O) groups excluding carboxylic acids is 2. The zero-order chi connectivity index (χ0) is 19.7. The molecular formula is C18H26N2O6. The fraction of sp³-hybridized carbons (Fsp3) is 0.500. The molecule has 2 amide bonds. The van der Waals surface area contributed by atoms with Crippen molar-refractivity contribution in [1.29, 1.82) is 0 Å². The molecule has 0 unspecified atom stereocenters. The molecule has 0 aliphatic heterocycles. The van der Waals surface area contributed by atoms with E-state index in [2.05, 4.69) is 10.6 Å². The third-order valence-corrected chi connectivity index (χ3v) is 3.26. The molecule has 3 N–H and O–H groups in total. The first kappa shape index (κ1) is 21.3. The van der Waals surface area contributed by atoms with E-state index in [0.29, 0.717) is 0 Å². The molecule has 0 saturated heterocycles. The number of amides is 2. The molecule has 0 aromatic heterocycles. The summed E-state index contributed by atoms with van der Waals surface area (Å²) in [6.07, 6.45) is -1.84. The summed E-state index contributed by atoms with van der Waals surface area (Å²) in [4.78, 5) is 34.8. The number of ether oxygens (including phenoxy) is 2. The smallest absolute Gasteiger partial charge is 0.407 e. The van der Waals surface area contributed by atoms with Crippen LogP contribution in [0.2, 0.25) is 0 Å². The van der Waals surface area contributed by atoms with Gasteiger partial charge in [0, 0.05) is 0 Å². The van der Waals surface area contributed by atoms with Crippen molar-refractivity contribution in [2.75, 3.05) is 0 Å². The van der Waals surface area contributed by atoms with Gasteiger partial charge in [-0.2, -0.15) is 0 Å². The summed E-state index contributed by atoms with van der Waals surface area (Å²) in [5.41, 5.74) is 0.117. The standard InChI is InChI=1S/C18H26N2O6/c1-12(19-17(24)26-18(2,3)4)14(10-15(21)22)20-16(23)25-11-13-8-6-5-7-9-13/h5-9,12,14H,10-11H2,1-4H3,(H,19,24)(H,20,23)(H,21,22)/t12-,14+/m0/s1. The Bertz CT molecular complexity index is 612. The monoisotopic (exact) mass is 366 g/mol. The van der Waals surface area contributed by atoms with E-state index in [9.17, 15) is 14.4 Å². The average molecular weight is 366 g/mol. The van der Waals surface area contributed by atoms with Crippen LogP contribution in [0.15, 0.2) is 30.3 Å². The molecule has 26 heavy (non-hydrogen) atoms. The van der Waals surface area contributed by atoms with Crippen molar-refractivity contribution in [2.45, 2.75) is 58.4 Å². The molecule has 2 atom stereocenters. The molecular weight excluding hydrogens is 340 g/mol. The van der Waals surface area contributed by atoms with Gasteiger partial charge >= 0.3 is 18.2 Å². The average Bonchev–Trinajstić information content (AvgIpc) is 2.51. The first-order valence-electron chi connectivity index (χ1n) is 8.25. The SMILES string of the molecule is C[C@H](NC(=O)OC(C)(C)C)[C@@H](CC(=O)O)NC(=O)OCc1ccccc1. The van der Waals surface area contributed by atoms with E-state index >= 15 is 0 Å². The van der Waals surface area contributed by atoms with Gasteiger partial charge in [0.15, 0.2) is 0 Å². The van der Waals surface area contributed by atoms with E-state index < -0.39 is 35.8 Å². The van der Waals surface area contributed by atoms with Gasteiger partial charge in [-0.05, 0) is 33.3 Å². The number of carboxylic acid groups (broad SMARTS) is 1. The van der Waals surface area contributed by atoms with Crippen LogP contribution in [-0.2, 0) is 20.9 Å². The van der Waals surface area contributed by atoms with Gasteiger partial charge in [-0.3, -0.25) is 4.79 Å². The quantitative estimate of drug-likeness (QED) is 0.683. The Kier molecular flexibility index (Phi) is 7.89. The van der Waals surface area contributed by atoms with Crippen molar-refractivity contribution in [3.05, 3.63) is 35.9 Å². The van der Waals surface area contributed by atoms with E-state index in [-0.39, 0.29) is 13.0 Å². The lowest BCUT2D eigenvalue weighted by Crippen LogP contribution is -2.52. The zero-order valence-corrected chi connectivity index (χ0v) is 15.4. The van der Waals surface area contributed by atoms with Gasteiger partial charge in [0.05, 0.1) is 18.5 Å². The lowest BCUT2D eigenvalue weighted by molar-refractivity contribution is -0.137. The van der Waals surface area contributed by atoms with Crippen LogP contribution in [0.4, 0.5) is 9.59 Å². The molecule has 1 aromatic carbocycles. The fourth-order valence-corrected chi connectivity index (χ4v) is 2.05. The number of alkyl carbamates (subject to hydrolysis) is 2. The summed E-state index contributed by atoms with van der Waals surface area (Å²) < 4.78 is 10.2. The number of aliphatic carboxylic acids is 1. The molecule has 0 aliphatic carbocycles. The van der Waals surface area contributed by atoms with Crippen molar-refractivity contribution < 1.29 is 29.0 Å². The van der Waals surface area contributed by atoms with Crippen LogP contribution in [0, 0.1) is 0 Å². The molecule has 144 valence electrons. The van der Waals surface area contributed by atoms with E-state index in [1.807, 2.05) is 18.2 Å². The number of benzene rings is 1. The summed E-state index contributed by atoms with van der Waals surface area (Å²) >= 11 is 0. The topological polar surface area (TPSA) is 114 Å². The van der Waals surface area contributed by atoms with Gasteiger partial charge in [-0.25, -0.2) is 9.59 Å². The maximum Gasteiger partial charge on any atom is 0.407 e. The van der Waals surface area contributed by atoms with Crippen LogP contribution in [0.5, 0.6) is 0 Å². The Hall–Kier alpha value is -2.77. The van der Waals surface area contributed by atoms with Gasteiger partial charge in [-0.1, -0.05) is 30.3 Å². The molecule has 0 heterocycles. The second-order valence-corrected chi connectivity index (χ2v) is 6.85. The van der Waals surface area contributed by atoms with E-state index in [1.165, 1.54) is 0 Å². The summed E-state index contributed by atoms with van der Waals surface area (Å²) in [7, 11) is 0. The van der Waals surface area contributed by atoms with Crippen LogP contribution in [-0.4, -0.2) is 40.9 Å². The Balaban J connectivity index is 2.60. The fourth-order valence-electron chi connectivity index (χ4n) is 2.05. The first-order valence-corrected chi connectivity index (χ1v) is 8.25. The predicted octanol–water partition coefficient (Wildman–Crippen LogP) is 2.67. The van der Waals surface area contributed by atoms with Crippen molar-refractivity contribution in [2.24, 2.45) is 0 Å². The lowest BCUT2D eigenvalue weighted by Gasteiger charge is -2.26. The van der Waals surface area contributed by atoms with Crippen LogP contribution in [0.3, 0.4) is 0 Å². The van der Waals surface area contributed by atoms with Crippen LogP contribution < -0.4 is 10.6 Å². The Morgan fingerprint density at radius 2 is 1.69 bits per heavy atom. The van der Waals surface area contributed by atoms with Crippen molar-refractivity contribution >= 4 is 18.2 Å². The normalized spacial score (nSPS) is 13.2. The number of hydrogen-bond donors (Lipinski definition) is 3. The Morgan fingerprint density at radius 1 is 1.08 bits per heavy atom. The highest BCUT2D eigenvalue weighted by Crippen LogP contribution is 2.08. The number of hydrogen-bond acceptors (Lipinski definition) is 5. The minimum atomic E-state index is -1.11. The molecule has 8 nitrogen and oxygen atoms in total. The maximum atomic E-state index is 12.0. The highest BCUT2D eigenvalue weighted by atomic mass is 16.6. The molecule has 0 aliphatic rings. The Labute approximate surface area is 152 Å². The summed E-state index contributed by atoms with van der Waals surface area (Å²) in [6, 6.07) is 7.54. The lowest BCUT2D eigenvalue weighted by atomic mass is 10.1. The van der Waals surface area contributed by atoms with Crippen molar-refractivity contribution in [3.8, 4) is 0 Å². The van der Waals surface area contributed by atoms with E-state index in [1.54, 1.807) is 39.8 Å². The number of carboxylic acids is 1. The van der Waals surface area contributed by atoms with Crippen molar-refractivity contribution in [1.82, 2.24) is 10.6 Å². The van der Waals surface area contributed by atoms with Gasteiger partial charge in [-0.15, -0.1) is 0 Å². The van der Waals surface area contributed by atoms with Gasteiger partial charge in [0.1, 0.15) is 12.2 Å². The molecule has 0 bridgehead atoms. The number of nitrogens with one attached hydrogen (secondary N) is 2. The summed E-state index contributed by atoms with van der Waals surface area (Å²) in [5, 5.41) is 14.0. The minimum absolute atomic E-state index is 0.0559. The van der Waals surface area contributed by atoms with Crippen LogP contribution in [0.1, 0.15) is 39.7 Å². The van der Waals surface area contributed by atoms with E-state index in [0.717, 1.165) is 5.56 Å². The predicted molar refractivity (Wildman–Crippen MR) is 94.6 cm³/mol. The maximum absolute atomic E-state index is 12.0. The second-order valence-electron chi connectivity index (χ2n) is 6.85. The molecule has 0 radical (unpaired) electrons. The third kappa shape index (κ3) is 8.91. The largest absolute Gasteiger partial charge is 0.481 e.